The lowest BCUT2D eigenvalue weighted by molar-refractivity contribution is 0.0746. The second-order valence-electron chi connectivity index (χ2n) is 6.24. The number of rotatable bonds is 1. The second-order valence-corrected chi connectivity index (χ2v) is 6.24. The van der Waals surface area contributed by atoms with E-state index < -0.39 is 0 Å². The van der Waals surface area contributed by atoms with Gasteiger partial charge in [0.15, 0.2) is 0 Å². The Balaban J connectivity index is 1.55. The summed E-state index contributed by atoms with van der Waals surface area (Å²) in [5.74, 6) is 0.0338. The smallest absolute Gasteiger partial charge is 0.270 e. The zero-order valence-corrected chi connectivity index (χ0v) is 13.0. The molecule has 5 rings (SSSR count). The number of nitrogens with one attached hydrogen (secondary N) is 1. The first-order valence-electron chi connectivity index (χ1n) is 8.01. The van der Waals surface area contributed by atoms with E-state index in [1.54, 1.807) is 6.20 Å². The van der Waals surface area contributed by atoms with E-state index in [-0.39, 0.29) is 5.91 Å². The van der Waals surface area contributed by atoms with Gasteiger partial charge in [-0.05, 0) is 40.1 Å². The van der Waals surface area contributed by atoms with Gasteiger partial charge in [0.25, 0.3) is 5.91 Å². The highest BCUT2D eigenvalue weighted by molar-refractivity contribution is 6.09. The van der Waals surface area contributed by atoms with E-state index in [1.807, 2.05) is 41.4 Å². The average molecular weight is 313 g/mol. The summed E-state index contributed by atoms with van der Waals surface area (Å²) < 4.78 is 0. The van der Waals surface area contributed by atoms with Gasteiger partial charge in [-0.2, -0.15) is 0 Å². The lowest BCUT2D eigenvalue weighted by Crippen LogP contribution is -2.25. The Hall–Kier alpha value is -3.14. The minimum Gasteiger partial charge on any atom is -0.351 e. The van der Waals surface area contributed by atoms with Crippen molar-refractivity contribution in [2.75, 3.05) is 0 Å². The molecule has 1 amide bonds. The van der Waals surface area contributed by atoms with Gasteiger partial charge in [-0.25, -0.2) is 0 Å². The molecule has 24 heavy (non-hydrogen) atoms. The maximum atomic E-state index is 12.9. The van der Waals surface area contributed by atoms with Crippen molar-refractivity contribution in [2.45, 2.75) is 13.1 Å². The monoisotopic (exact) mass is 313 g/mol. The second kappa shape index (κ2) is 4.93. The van der Waals surface area contributed by atoms with Gasteiger partial charge in [0, 0.05) is 36.4 Å². The zero-order chi connectivity index (χ0) is 16.1. The van der Waals surface area contributed by atoms with E-state index in [1.165, 1.54) is 16.3 Å². The number of aromatic nitrogens is 2. The molecule has 0 radical (unpaired) electrons. The van der Waals surface area contributed by atoms with Crippen LogP contribution in [0.25, 0.3) is 21.7 Å². The van der Waals surface area contributed by atoms with Crippen LogP contribution < -0.4 is 0 Å². The quantitative estimate of drug-likeness (QED) is 0.580. The van der Waals surface area contributed by atoms with Gasteiger partial charge in [-0.15, -0.1) is 0 Å². The van der Waals surface area contributed by atoms with Crippen molar-refractivity contribution in [1.29, 1.82) is 0 Å². The Kier molecular flexibility index (Phi) is 2.73. The van der Waals surface area contributed by atoms with Gasteiger partial charge in [0.2, 0.25) is 0 Å². The van der Waals surface area contributed by atoms with Crippen molar-refractivity contribution in [1.82, 2.24) is 14.9 Å². The number of nitrogens with zero attached hydrogens (tertiary/aromatic N) is 2. The molecule has 0 fully saturated rings. The Morgan fingerprint density at radius 3 is 2.79 bits per heavy atom. The molecule has 0 atom stereocenters. The van der Waals surface area contributed by atoms with Crippen molar-refractivity contribution in [3.05, 3.63) is 77.7 Å². The summed E-state index contributed by atoms with van der Waals surface area (Å²) in [7, 11) is 0. The van der Waals surface area contributed by atoms with Crippen LogP contribution in [0, 0.1) is 0 Å². The molecule has 0 spiro atoms. The van der Waals surface area contributed by atoms with Gasteiger partial charge in [0.05, 0.1) is 0 Å². The zero-order valence-electron chi connectivity index (χ0n) is 13.0. The number of amides is 1. The maximum absolute atomic E-state index is 12.9. The molecule has 4 aromatic rings. The Labute approximate surface area is 138 Å². The van der Waals surface area contributed by atoms with Crippen LogP contribution in [0.4, 0.5) is 0 Å². The molecular weight excluding hydrogens is 298 g/mol. The van der Waals surface area contributed by atoms with Crippen LogP contribution in [-0.2, 0) is 13.1 Å². The van der Waals surface area contributed by atoms with Gasteiger partial charge >= 0.3 is 0 Å². The average Bonchev–Trinajstić information content (AvgIpc) is 3.25. The van der Waals surface area contributed by atoms with E-state index in [9.17, 15) is 4.79 Å². The van der Waals surface area contributed by atoms with Crippen LogP contribution in [0.15, 0.2) is 60.9 Å². The van der Waals surface area contributed by atoms with E-state index in [0.29, 0.717) is 18.8 Å². The number of carbonyl (C=O) groups is 1. The number of hydrogen-bond acceptors (Lipinski definition) is 2. The van der Waals surface area contributed by atoms with Crippen molar-refractivity contribution in [2.24, 2.45) is 0 Å². The largest absolute Gasteiger partial charge is 0.351 e. The lowest BCUT2D eigenvalue weighted by Gasteiger charge is -2.13. The third-order valence-electron chi connectivity index (χ3n) is 4.77. The highest BCUT2D eigenvalue weighted by atomic mass is 16.2. The third-order valence-corrected chi connectivity index (χ3v) is 4.77. The molecule has 1 aliphatic heterocycles. The summed E-state index contributed by atoms with van der Waals surface area (Å²) in [6, 6.07) is 16.3. The fourth-order valence-electron chi connectivity index (χ4n) is 3.53. The Morgan fingerprint density at radius 2 is 1.88 bits per heavy atom. The maximum Gasteiger partial charge on any atom is 0.270 e. The van der Waals surface area contributed by atoms with Crippen LogP contribution in [0.5, 0.6) is 0 Å². The van der Waals surface area contributed by atoms with E-state index >= 15 is 0 Å². The lowest BCUT2D eigenvalue weighted by atomic mass is 10.1. The standard InChI is InChI=1S/C20H15N3O/c24-20(23-11-14-7-8-21-10-15(14)12-23)19-9-17-16-4-2-1-3-13(16)5-6-18(17)22-19/h1-10,22H,11-12H2. The third kappa shape index (κ3) is 1.93. The first-order chi connectivity index (χ1) is 11.8. The molecule has 0 unspecified atom stereocenters. The summed E-state index contributed by atoms with van der Waals surface area (Å²) in [4.78, 5) is 22.2. The molecule has 4 nitrogen and oxygen atoms in total. The molecule has 4 heteroatoms. The van der Waals surface area contributed by atoms with E-state index in [0.717, 1.165) is 16.5 Å². The number of benzene rings is 2. The highest BCUT2D eigenvalue weighted by Crippen LogP contribution is 2.28. The predicted octanol–water partition coefficient (Wildman–Crippen LogP) is 3.87. The van der Waals surface area contributed by atoms with Crippen LogP contribution in [-0.4, -0.2) is 20.8 Å². The normalized spacial score (nSPS) is 13.6. The van der Waals surface area contributed by atoms with Crippen LogP contribution in [0.2, 0.25) is 0 Å². The summed E-state index contributed by atoms with van der Waals surface area (Å²) in [6.45, 7) is 1.27. The molecule has 1 aliphatic rings. The first kappa shape index (κ1) is 13.3. The summed E-state index contributed by atoms with van der Waals surface area (Å²) in [6.07, 6.45) is 3.63. The minimum atomic E-state index is 0.0338. The Bertz CT molecular complexity index is 1070. The molecule has 0 aliphatic carbocycles. The number of hydrogen-bond donors (Lipinski definition) is 1. The van der Waals surface area contributed by atoms with E-state index in [2.05, 4.69) is 28.2 Å². The highest BCUT2D eigenvalue weighted by Gasteiger charge is 2.25. The molecule has 3 heterocycles. The first-order valence-corrected chi connectivity index (χ1v) is 8.01. The van der Waals surface area contributed by atoms with Crippen molar-refractivity contribution < 1.29 is 4.79 Å². The fourth-order valence-corrected chi connectivity index (χ4v) is 3.53. The molecule has 116 valence electrons. The van der Waals surface area contributed by atoms with Crippen LogP contribution in [0.1, 0.15) is 21.6 Å². The molecule has 2 aromatic carbocycles. The predicted molar refractivity (Wildman–Crippen MR) is 93.6 cm³/mol. The number of fused-ring (bicyclic) bond motifs is 4. The molecule has 2 aromatic heterocycles. The molecular formula is C20H15N3O. The topological polar surface area (TPSA) is 49.0 Å². The minimum absolute atomic E-state index is 0.0338. The van der Waals surface area contributed by atoms with Crippen LogP contribution >= 0.6 is 0 Å². The number of pyridine rings is 1. The Morgan fingerprint density at radius 1 is 1.00 bits per heavy atom. The number of H-pyrrole nitrogens is 1. The SMILES string of the molecule is O=C(c1cc2c(ccc3ccccc32)[nH]1)N1Cc2ccncc2C1. The van der Waals surface area contributed by atoms with Crippen molar-refractivity contribution in [3.8, 4) is 0 Å². The fraction of sp³-hybridized carbons (Fsp3) is 0.100. The van der Waals surface area contributed by atoms with Crippen LogP contribution in [0.3, 0.4) is 0 Å². The number of carbonyl (C=O) groups excluding carboxylic acids is 1. The molecule has 1 N–H and O–H groups in total. The summed E-state index contributed by atoms with van der Waals surface area (Å²) in [5.41, 5.74) is 3.95. The molecule has 0 bridgehead atoms. The van der Waals surface area contributed by atoms with Gasteiger partial charge in [-0.3, -0.25) is 9.78 Å². The molecule has 0 saturated heterocycles. The van der Waals surface area contributed by atoms with Crippen molar-refractivity contribution in [3.63, 3.8) is 0 Å². The van der Waals surface area contributed by atoms with Gasteiger partial charge in [-0.1, -0.05) is 30.3 Å². The van der Waals surface area contributed by atoms with Crippen molar-refractivity contribution >= 4 is 27.6 Å². The summed E-state index contributed by atoms with van der Waals surface area (Å²) >= 11 is 0. The van der Waals surface area contributed by atoms with Gasteiger partial charge < -0.3 is 9.88 Å². The summed E-state index contributed by atoms with van der Waals surface area (Å²) in [5, 5.41) is 3.44. The molecule has 0 saturated carbocycles. The van der Waals surface area contributed by atoms with Gasteiger partial charge in [0.1, 0.15) is 5.69 Å². The number of aromatic amines is 1. The van der Waals surface area contributed by atoms with E-state index in [4.69, 9.17) is 0 Å².